The number of fused-ring (bicyclic) bond motifs is 7. The predicted octanol–water partition coefficient (Wildman–Crippen LogP) is 10.7. The quantitative estimate of drug-likeness (QED) is 0.185. The second-order valence-electron chi connectivity index (χ2n) is 23.4. The highest BCUT2D eigenvalue weighted by Crippen LogP contribution is 2.78. The average molecular weight is 776 g/mol. The number of hydrogen-bond acceptors (Lipinski definition) is 5. The van der Waals surface area contributed by atoms with E-state index in [1.807, 2.05) is 0 Å². The van der Waals surface area contributed by atoms with E-state index < -0.39 is 17.4 Å². The topological polar surface area (TPSA) is 101 Å². The number of ketones is 1. The maximum absolute atomic E-state index is 15.1. The third kappa shape index (κ3) is 6.12. The lowest BCUT2D eigenvalue weighted by Gasteiger charge is -2.73. The summed E-state index contributed by atoms with van der Waals surface area (Å²) in [5.41, 5.74) is -0.170. The second-order valence-corrected chi connectivity index (χ2v) is 23.4. The minimum atomic E-state index is -1.15. The van der Waals surface area contributed by atoms with Crippen LogP contribution < -0.4 is 0 Å². The van der Waals surface area contributed by atoms with E-state index in [4.69, 9.17) is 4.74 Å². The molecular formula is C49H77NO6. The third-order valence-corrected chi connectivity index (χ3v) is 19.9. The van der Waals surface area contributed by atoms with Crippen LogP contribution in [0.15, 0.2) is 12.2 Å². The Bertz CT molecular complexity index is 1620. The number of carboxylic acids is 1. The zero-order valence-electron chi connectivity index (χ0n) is 37.0. The Morgan fingerprint density at radius 3 is 2.09 bits per heavy atom. The number of amides is 1. The highest BCUT2D eigenvalue weighted by Gasteiger charge is 2.72. The summed E-state index contributed by atoms with van der Waals surface area (Å²) in [5, 5.41) is 9.65. The molecule has 314 valence electrons. The SMILES string of the molecule is C=C(C)[C@@H]1CC[C@@]2(C(=O)C[C@@H]3C[C@H](C(=O)N4CCCCC4)C3(C)C)CC[C@]3(C)C(CCC4[C@@]5(C)CC[C@H](OC(=O)CC(C)(C)C(=O)O)C(C)(C)C5CC[C@]43C)C12. The number of carboxylic acid groups (broad SMARTS) is 1. The summed E-state index contributed by atoms with van der Waals surface area (Å²) in [5.74, 6) is 1.92. The molecule has 0 radical (unpaired) electrons. The van der Waals surface area contributed by atoms with Crippen molar-refractivity contribution in [3.63, 3.8) is 0 Å². The van der Waals surface area contributed by atoms with E-state index in [1.165, 1.54) is 18.4 Å². The van der Waals surface area contributed by atoms with Gasteiger partial charge in [0.05, 0.1) is 11.8 Å². The molecule has 56 heavy (non-hydrogen) atoms. The monoisotopic (exact) mass is 776 g/mol. The molecule has 0 aromatic heterocycles. The van der Waals surface area contributed by atoms with E-state index in [-0.39, 0.29) is 56.9 Å². The number of rotatable bonds is 9. The number of ether oxygens (including phenoxy) is 1. The van der Waals surface area contributed by atoms with E-state index in [9.17, 15) is 19.5 Å². The summed E-state index contributed by atoms with van der Waals surface area (Å²) in [4.78, 5) is 55.8. The minimum Gasteiger partial charge on any atom is -0.481 e. The van der Waals surface area contributed by atoms with Crippen LogP contribution in [0.5, 0.6) is 0 Å². The molecule has 6 saturated carbocycles. The van der Waals surface area contributed by atoms with Gasteiger partial charge in [-0.1, -0.05) is 60.6 Å². The molecule has 7 heteroatoms. The summed E-state index contributed by atoms with van der Waals surface area (Å²) in [6, 6.07) is 0. The molecule has 1 amide bonds. The van der Waals surface area contributed by atoms with Gasteiger partial charge in [0.25, 0.3) is 0 Å². The Morgan fingerprint density at radius 1 is 0.786 bits per heavy atom. The smallest absolute Gasteiger partial charge is 0.309 e. The number of Topliss-reactive ketones (excluding diaryl/α,β-unsaturated/α-hetero) is 1. The van der Waals surface area contributed by atoms with Gasteiger partial charge in [-0.3, -0.25) is 19.2 Å². The van der Waals surface area contributed by atoms with Gasteiger partial charge in [0, 0.05) is 36.3 Å². The Hall–Kier alpha value is -2.18. The first-order valence-corrected chi connectivity index (χ1v) is 22.9. The number of esters is 1. The molecule has 0 aromatic rings. The molecule has 6 aliphatic carbocycles. The molecule has 4 unspecified atom stereocenters. The van der Waals surface area contributed by atoms with Crippen LogP contribution in [0.1, 0.15) is 172 Å². The molecule has 7 fully saturated rings. The molecule has 7 nitrogen and oxygen atoms in total. The van der Waals surface area contributed by atoms with Crippen LogP contribution in [0.2, 0.25) is 0 Å². The van der Waals surface area contributed by atoms with Crippen LogP contribution in [0, 0.1) is 79.3 Å². The van der Waals surface area contributed by atoms with Gasteiger partial charge in [0.15, 0.2) is 0 Å². The maximum atomic E-state index is 15.1. The Labute approximate surface area is 339 Å². The van der Waals surface area contributed by atoms with Crippen LogP contribution in [-0.2, 0) is 23.9 Å². The van der Waals surface area contributed by atoms with Crippen molar-refractivity contribution in [2.75, 3.05) is 13.1 Å². The van der Waals surface area contributed by atoms with Crippen molar-refractivity contribution < 1.29 is 29.0 Å². The van der Waals surface area contributed by atoms with Crippen molar-refractivity contribution in [1.29, 1.82) is 0 Å². The zero-order chi connectivity index (χ0) is 41.0. The lowest BCUT2D eigenvalue weighted by Crippen LogP contribution is -2.67. The number of piperidine rings is 1. The van der Waals surface area contributed by atoms with Crippen molar-refractivity contribution in [2.45, 2.75) is 178 Å². The van der Waals surface area contributed by atoms with Crippen LogP contribution in [0.25, 0.3) is 0 Å². The Morgan fingerprint density at radius 2 is 1.46 bits per heavy atom. The van der Waals surface area contributed by atoms with Crippen molar-refractivity contribution in [3.8, 4) is 0 Å². The molecule has 1 saturated heterocycles. The van der Waals surface area contributed by atoms with Gasteiger partial charge >= 0.3 is 11.9 Å². The number of allylic oxidation sites excluding steroid dienone is 1. The van der Waals surface area contributed by atoms with Gasteiger partial charge in [-0.15, -0.1) is 0 Å². The number of carbonyl (C=O) groups is 4. The maximum Gasteiger partial charge on any atom is 0.309 e. The fourth-order valence-electron chi connectivity index (χ4n) is 16.0. The summed E-state index contributed by atoms with van der Waals surface area (Å²) >= 11 is 0. The highest BCUT2D eigenvalue weighted by molar-refractivity contribution is 5.87. The molecule has 1 N–H and O–H groups in total. The largest absolute Gasteiger partial charge is 0.481 e. The Kier molecular flexibility index (Phi) is 10.5. The molecule has 12 atom stereocenters. The zero-order valence-corrected chi connectivity index (χ0v) is 37.0. The van der Waals surface area contributed by atoms with E-state index in [2.05, 4.69) is 66.9 Å². The molecule has 0 bridgehead atoms. The highest BCUT2D eigenvalue weighted by atomic mass is 16.5. The summed E-state index contributed by atoms with van der Waals surface area (Å²) in [6.07, 6.45) is 15.1. The molecule has 0 aromatic carbocycles. The van der Waals surface area contributed by atoms with Crippen molar-refractivity contribution in [2.24, 2.45) is 79.3 Å². The first-order valence-electron chi connectivity index (χ1n) is 22.9. The third-order valence-electron chi connectivity index (χ3n) is 19.9. The number of nitrogens with zero attached hydrogens (tertiary/aromatic N) is 1. The standard InChI is InChI=1S/C49H77NO6/c1-30(2)32-17-22-49(37(51)28-31-27-34(44(31,5)6)41(53)50-25-13-12-14-26-50)24-23-47(10)33(40(32)49)15-16-36-46(9)20-19-38(56-39(52)29-43(3,4)42(54)55)45(7,8)35(46)18-21-48(36,47)11/h31-36,38,40H,1,12-29H2,2-11H3,(H,54,55)/t31-,32-,33?,34+,35?,36?,38-,40?,46-,47+,48+,49-/m0/s1. The normalized spacial score (nSPS) is 43.9. The number of likely N-dealkylation sites (tertiary alicyclic amines) is 1. The molecule has 1 heterocycles. The van der Waals surface area contributed by atoms with E-state index in [0.29, 0.717) is 47.7 Å². The fourth-order valence-corrected chi connectivity index (χ4v) is 16.0. The van der Waals surface area contributed by atoms with Gasteiger partial charge in [-0.05, 0) is 168 Å². The van der Waals surface area contributed by atoms with Gasteiger partial charge in [-0.25, -0.2) is 0 Å². The number of hydrogen-bond donors (Lipinski definition) is 1. The lowest BCUT2D eigenvalue weighted by atomic mass is 9.32. The van der Waals surface area contributed by atoms with Crippen molar-refractivity contribution >= 4 is 23.6 Å². The summed E-state index contributed by atoms with van der Waals surface area (Å²) in [7, 11) is 0. The second kappa shape index (κ2) is 14.0. The van der Waals surface area contributed by atoms with Crippen LogP contribution in [-0.4, -0.2) is 52.8 Å². The molecular weight excluding hydrogens is 699 g/mol. The molecule has 7 aliphatic rings. The minimum absolute atomic E-state index is 0.0380. The van der Waals surface area contributed by atoms with E-state index >= 15 is 4.79 Å². The first-order chi connectivity index (χ1) is 26.0. The lowest BCUT2D eigenvalue weighted by molar-refractivity contribution is -0.249. The first kappa shape index (κ1) is 42.0. The van der Waals surface area contributed by atoms with Gasteiger partial charge in [0.2, 0.25) is 5.91 Å². The van der Waals surface area contributed by atoms with Crippen molar-refractivity contribution in [1.82, 2.24) is 4.90 Å². The van der Waals surface area contributed by atoms with Crippen LogP contribution in [0.3, 0.4) is 0 Å². The predicted molar refractivity (Wildman–Crippen MR) is 220 cm³/mol. The average Bonchev–Trinajstić information content (AvgIpc) is 3.53. The summed E-state index contributed by atoms with van der Waals surface area (Å²) in [6.45, 7) is 28.7. The van der Waals surface area contributed by atoms with Crippen LogP contribution >= 0.6 is 0 Å². The molecule has 0 spiro atoms. The fraction of sp³-hybridized carbons (Fsp3) is 0.878. The van der Waals surface area contributed by atoms with Crippen LogP contribution in [0.4, 0.5) is 0 Å². The Balaban J connectivity index is 1.10. The van der Waals surface area contributed by atoms with Gasteiger partial charge in [-0.2, -0.15) is 0 Å². The van der Waals surface area contributed by atoms with E-state index in [0.717, 1.165) is 90.1 Å². The summed E-state index contributed by atoms with van der Waals surface area (Å²) < 4.78 is 6.20. The van der Waals surface area contributed by atoms with Gasteiger partial charge < -0.3 is 14.7 Å². The number of aliphatic carboxylic acids is 1. The number of carbonyl (C=O) groups excluding carboxylic acids is 3. The van der Waals surface area contributed by atoms with Crippen molar-refractivity contribution in [3.05, 3.63) is 12.2 Å². The van der Waals surface area contributed by atoms with E-state index in [1.54, 1.807) is 13.8 Å². The molecule has 1 aliphatic heterocycles. The van der Waals surface area contributed by atoms with Gasteiger partial charge in [0.1, 0.15) is 11.9 Å². The molecule has 7 rings (SSSR count).